The van der Waals surface area contributed by atoms with E-state index in [1.54, 1.807) is 17.0 Å². The summed E-state index contributed by atoms with van der Waals surface area (Å²) >= 11 is 0. The molecule has 0 spiro atoms. The van der Waals surface area contributed by atoms with E-state index in [0.29, 0.717) is 13.0 Å². The van der Waals surface area contributed by atoms with Gasteiger partial charge in [0.25, 0.3) is 0 Å². The molecule has 2 amide bonds. The van der Waals surface area contributed by atoms with Crippen LogP contribution in [0.15, 0.2) is 48.5 Å². The largest absolute Gasteiger partial charge is 0.354 e. The molecule has 0 aromatic heterocycles. The standard InChI is InChI=1S/C24H31FN2O2/c1-4-6-14-26-24(29)22(5-2)27(17-19-10-12-21(25)13-11-19)23(28)16-20-9-7-8-18(3)15-20/h7-13,15,22H,4-6,14,16-17H2,1-3H3,(H,26,29)/t22-/m1/s1. The highest BCUT2D eigenvalue weighted by Gasteiger charge is 2.28. The zero-order valence-corrected chi connectivity index (χ0v) is 17.6. The lowest BCUT2D eigenvalue weighted by Gasteiger charge is -2.31. The normalized spacial score (nSPS) is 11.7. The van der Waals surface area contributed by atoms with Crippen LogP contribution in [0.3, 0.4) is 0 Å². The summed E-state index contributed by atoms with van der Waals surface area (Å²) < 4.78 is 13.3. The molecule has 0 saturated carbocycles. The first-order valence-electron chi connectivity index (χ1n) is 10.3. The molecule has 0 unspecified atom stereocenters. The molecular weight excluding hydrogens is 367 g/mol. The highest BCUT2D eigenvalue weighted by molar-refractivity contribution is 5.88. The smallest absolute Gasteiger partial charge is 0.242 e. The number of nitrogens with one attached hydrogen (secondary N) is 1. The third kappa shape index (κ3) is 7.00. The van der Waals surface area contributed by atoms with E-state index >= 15 is 0 Å². The second-order valence-corrected chi connectivity index (χ2v) is 7.38. The number of unbranched alkanes of at least 4 members (excludes halogenated alkanes) is 1. The van der Waals surface area contributed by atoms with Gasteiger partial charge in [-0.25, -0.2) is 4.39 Å². The third-order valence-electron chi connectivity index (χ3n) is 4.92. The van der Waals surface area contributed by atoms with E-state index in [0.717, 1.165) is 29.5 Å². The summed E-state index contributed by atoms with van der Waals surface area (Å²) in [5.41, 5.74) is 2.80. The molecule has 156 valence electrons. The van der Waals surface area contributed by atoms with Crippen molar-refractivity contribution < 1.29 is 14.0 Å². The molecule has 0 aliphatic rings. The average molecular weight is 399 g/mol. The van der Waals surface area contributed by atoms with Crippen molar-refractivity contribution in [2.45, 2.75) is 59.0 Å². The Morgan fingerprint density at radius 2 is 1.79 bits per heavy atom. The molecule has 0 radical (unpaired) electrons. The summed E-state index contributed by atoms with van der Waals surface area (Å²) in [5, 5.41) is 2.94. The van der Waals surface area contributed by atoms with Gasteiger partial charge in [0.2, 0.25) is 11.8 Å². The van der Waals surface area contributed by atoms with Crippen LogP contribution < -0.4 is 5.32 Å². The van der Waals surface area contributed by atoms with Gasteiger partial charge in [0.15, 0.2) is 0 Å². The number of aryl methyl sites for hydroxylation is 1. The number of nitrogens with zero attached hydrogens (tertiary/aromatic N) is 1. The van der Waals surface area contributed by atoms with Gasteiger partial charge in [0, 0.05) is 13.1 Å². The van der Waals surface area contributed by atoms with Crippen molar-refractivity contribution in [1.82, 2.24) is 10.2 Å². The number of halogens is 1. The van der Waals surface area contributed by atoms with E-state index in [2.05, 4.69) is 12.2 Å². The molecule has 1 N–H and O–H groups in total. The van der Waals surface area contributed by atoms with Crippen LogP contribution in [0, 0.1) is 12.7 Å². The van der Waals surface area contributed by atoms with Crippen molar-refractivity contribution in [3.63, 3.8) is 0 Å². The third-order valence-corrected chi connectivity index (χ3v) is 4.92. The molecule has 29 heavy (non-hydrogen) atoms. The Morgan fingerprint density at radius 3 is 2.41 bits per heavy atom. The van der Waals surface area contributed by atoms with E-state index in [4.69, 9.17) is 0 Å². The van der Waals surface area contributed by atoms with Crippen molar-refractivity contribution in [2.24, 2.45) is 0 Å². The topological polar surface area (TPSA) is 49.4 Å². The van der Waals surface area contributed by atoms with Crippen molar-refractivity contribution in [3.8, 4) is 0 Å². The second-order valence-electron chi connectivity index (χ2n) is 7.38. The average Bonchev–Trinajstić information content (AvgIpc) is 2.69. The Morgan fingerprint density at radius 1 is 1.07 bits per heavy atom. The van der Waals surface area contributed by atoms with Gasteiger partial charge in [-0.3, -0.25) is 9.59 Å². The van der Waals surface area contributed by atoms with E-state index in [9.17, 15) is 14.0 Å². The predicted molar refractivity (Wildman–Crippen MR) is 114 cm³/mol. The maximum absolute atomic E-state index is 13.3. The Bertz CT molecular complexity index is 805. The maximum atomic E-state index is 13.3. The van der Waals surface area contributed by atoms with Crippen molar-refractivity contribution >= 4 is 11.8 Å². The number of amides is 2. The SMILES string of the molecule is CCCCNC(=O)[C@@H](CC)N(Cc1ccc(F)cc1)C(=O)Cc1cccc(C)c1. The Balaban J connectivity index is 2.23. The minimum Gasteiger partial charge on any atom is -0.354 e. The quantitative estimate of drug-likeness (QED) is 0.603. The fourth-order valence-corrected chi connectivity index (χ4v) is 3.31. The van der Waals surface area contributed by atoms with Gasteiger partial charge in [0.05, 0.1) is 6.42 Å². The molecule has 0 heterocycles. The monoisotopic (exact) mass is 398 g/mol. The summed E-state index contributed by atoms with van der Waals surface area (Å²) in [4.78, 5) is 27.6. The molecule has 2 aromatic rings. The first-order chi connectivity index (χ1) is 13.9. The number of carbonyl (C=O) groups is 2. The van der Waals surface area contributed by atoms with Gasteiger partial charge in [-0.05, 0) is 43.0 Å². The molecule has 0 bridgehead atoms. The van der Waals surface area contributed by atoms with Crippen LogP contribution in [0.4, 0.5) is 4.39 Å². The predicted octanol–water partition coefficient (Wildman–Crippen LogP) is 4.40. The van der Waals surface area contributed by atoms with Crippen LogP contribution in [0.25, 0.3) is 0 Å². The summed E-state index contributed by atoms with van der Waals surface area (Å²) in [6, 6.07) is 13.3. The number of hydrogen-bond donors (Lipinski definition) is 1. The Kier molecular flexibility index (Phi) is 8.84. The van der Waals surface area contributed by atoms with Crippen molar-refractivity contribution in [3.05, 3.63) is 71.0 Å². The fourth-order valence-electron chi connectivity index (χ4n) is 3.31. The van der Waals surface area contributed by atoms with Gasteiger partial charge < -0.3 is 10.2 Å². The van der Waals surface area contributed by atoms with E-state index in [-0.39, 0.29) is 30.6 Å². The van der Waals surface area contributed by atoms with Gasteiger partial charge in [0.1, 0.15) is 11.9 Å². The fraction of sp³-hybridized carbons (Fsp3) is 0.417. The molecule has 5 heteroatoms. The molecular formula is C24H31FN2O2. The number of rotatable bonds is 10. The zero-order valence-electron chi connectivity index (χ0n) is 17.6. The van der Waals surface area contributed by atoms with Crippen LogP contribution in [0.2, 0.25) is 0 Å². The van der Waals surface area contributed by atoms with Crippen LogP contribution in [-0.2, 0) is 22.6 Å². The Labute approximate surface area is 173 Å². The first-order valence-corrected chi connectivity index (χ1v) is 10.3. The molecule has 0 aliphatic carbocycles. The van der Waals surface area contributed by atoms with Crippen molar-refractivity contribution in [1.29, 1.82) is 0 Å². The minimum atomic E-state index is -0.561. The highest BCUT2D eigenvalue weighted by Crippen LogP contribution is 2.16. The van der Waals surface area contributed by atoms with Crippen LogP contribution >= 0.6 is 0 Å². The lowest BCUT2D eigenvalue weighted by molar-refractivity contribution is -0.140. The van der Waals surface area contributed by atoms with Gasteiger partial charge in [-0.2, -0.15) is 0 Å². The minimum absolute atomic E-state index is 0.114. The summed E-state index contributed by atoms with van der Waals surface area (Å²) in [5.74, 6) is -0.575. The van der Waals surface area contributed by atoms with Crippen molar-refractivity contribution in [2.75, 3.05) is 6.54 Å². The number of benzene rings is 2. The molecule has 0 fully saturated rings. The molecule has 0 saturated heterocycles. The Hall–Kier alpha value is -2.69. The van der Waals surface area contributed by atoms with Crippen LogP contribution in [-0.4, -0.2) is 29.3 Å². The summed E-state index contributed by atoms with van der Waals surface area (Å²) in [6.45, 7) is 6.82. The van der Waals surface area contributed by atoms with E-state index < -0.39 is 6.04 Å². The molecule has 1 atom stereocenters. The van der Waals surface area contributed by atoms with Gasteiger partial charge in [-0.1, -0.05) is 62.2 Å². The van der Waals surface area contributed by atoms with Gasteiger partial charge >= 0.3 is 0 Å². The molecule has 2 rings (SSSR count). The van der Waals surface area contributed by atoms with E-state index in [1.807, 2.05) is 38.1 Å². The highest BCUT2D eigenvalue weighted by atomic mass is 19.1. The zero-order chi connectivity index (χ0) is 21.2. The second kappa shape index (κ2) is 11.3. The first kappa shape index (κ1) is 22.6. The number of hydrogen-bond acceptors (Lipinski definition) is 2. The maximum Gasteiger partial charge on any atom is 0.242 e. The van der Waals surface area contributed by atoms with Gasteiger partial charge in [-0.15, -0.1) is 0 Å². The summed E-state index contributed by atoms with van der Waals surface area (Å²) in [7, 11) is 0. The van der Waals surface area contributed by atoms with Crippen LogP contribution in [0.1, 0.15) is 49.8 Å². The van der Waals surface area contributed by atoms with E-state index in [1.165, 1.54) is 12.1 Å². The lowest BCUT2D eigenvalue weighted by Crippen LogP contribution is -2.49. The van der Waals surface area contributed by atoms with Crippen LogP contribution in [0.5, 0.6) is 0 Å². The number of carbonyl (C=O) groups excluding carboxylic acids is 2. The molecule has 4 nitrogen and oxygen atoms in total. The lowest BCUT2D eigenvalue weighted by atomic mass is 10.1. The molecule has 2 aromatic carbocycles. The molecule has 0 aliphatic heterocycles. The summed E-state index contributed by atoms with van der Waals surface area (Å²) in [6.07, 6.45) is 2.63.